The number of anilines is 1. The molecular weight excluding hydrogens is 408 g/mol. The van der Waals surface area contributed by atoms with Crippen molar-refractivity contribution in [3.63, 3.8) is 0 Å². The van der Waals surface area contributed by atoms with Gasteiger partial charge in [0.15, 0.2) is 11.4 Å². The molecule has 2 N–H and O–H groups in total. The summed E-state index contributed by atoms with van der Waals surface area (Å²) in [5.41, 5.74) is 1.53. The average Bonchev–Trinajstić information content (AvgIpc) is 3.26. The Balaban J connectivity index is 1.64. The molecule has 0 aliphatic carbocycles. The van der Waals surface area contributed by atoms with E-state index in [-0.39, 0.29) is 30.2 Å². The Bertz CT molecular complexity index is 1260. The van der Waals surface area contributed by atoms with Crippen LogP contribution < -0.4 is 10.1 Å². The van der Waals surface area contributed by atoms with Crippen LogP contribution in [0, 0.1) is 18.6 Å². The van der Waals surface area contributed by atoms with Crippen LogP contribution in [0.5, 0.6) is 5.75 Å². The molecule has 1 amide bonds. The predicted octanol–water partition coefficient (Wildman–Crippen LogP) is 2.98. The van der Waals surface area contributed by atoms with Crippen molar-refractivity contribution in [1.82, 2.24) is 19.2 Å². The smallest absolute Gasteiger partial charge is 0.274 e. The molecule has 0 aliphatic heterocycles. The van der Waals surface area contributed by atoms with Crippen molar-refractivity contribution >= 4 is 17.2 Å². The first kappa shape index (κ1) is 20.5. The maximum absolute atomic E-state index is 13.9. The highest BCUT2D eigenvalue weighted by Crippen LogP contribution is 2.25. The van der Waals surface area contributed by atoms with Gasteiger partial charge in [0.2, 0.25) is 0 Å². The third kappa shape index (κ3) is 3.84. The number of nitrogens with zero attached hydrogens (tertiary/aromatic N) is 4. The van der Waals surface area contributed by atoms with Crippen LogP contribution >= 0.6 is 0 Å². The number of carbonyl (C=O) groups excluding carboxylic acids is 1. The number of aryl methyl sites for hydroxylation is 2. The lowest BCUT2D eigenvalue weighted by Crippen LogP contribution is -2.16. The van der Waals surface area contributed by atoms with Crippen LogP contribution in [0.3, 0.4) is 0 Å². The zero-order valence-corrected chi connectivity index (χ0v) is 16.8. The van der Waals surface area contributed by atoms with Crippen LogP contribution in [0.1, 0.15) is 27.4 Å². The monoisotopic (exact) mass is 427 g/mol. The molecule has 31 heavy (non-hydrogen) atoms. The number of hydrogen-bond acceptors (Lipinski definition) is 5. The predicted molar refractivity (Wildman–Crippen MR) is 108 cm³/mol. The quantitative estimate of drug-likeness (QED) is 0.494. The standard InChI is InChI=1S/C21H19F2N5O3/c1-12-19(21(30)25-16-9-27(2)26-17(16)10-29)28-8-4-7-18(20(28)24-12)31-11-13-14(22)5-3-6-15(13)23/h3-9,29H,10-11H2,1-2H3,(H,25,30). The van der Waals surface area contributed by atoms with Gasteiger partial charge in [-0.15, -0.1) is 0 Å². The van der Waals surface area contributed by atoms with E-state index in [2.05, 4.69) is 15.4 Å². The van der Waals surface area contributed by atoms with Crippen molar-refractivity contribution in [1.29, 1.82) is 0 Å². The Hall–Kier alpha value is -3.79. The minimum Gasteiger partial charge on any atom is -0.485 e. The molecule has 0 saturated heterocycles. The van der Waals surface area contributed by atoms with Gasteiger partial charge in [-0.2, -0.15) is 5.10 Å². The topological polar surface area (TPSA) is 93.7 Å². The van der Waals surface area contributed by atoms with Gasteiger partial charge in [-0.05, 0) is 31.2 Å². The molecule has 8 nitrogen and oxygen atoms in total. The average molecular weight is 427 g/mol. The number of aromatic nitrogens is 4. The first-order valence-corrected chi connectivity index (χ1v) is 9.37. The van der Waals surface area contributed by atoms with Crippen LogP contribution in [-0.2, 0) is 20.3 Å². The Kier molecular flexibility index (Phi) is 5.38. The molecule has 0 unspecified atom stereocenters. The highest BCUT2D eigenvalue weighted by Gasteiger charge is 2.21. The number of nitrogens with one attached hydrogen (secondary N) is 1. The van der Waals surface area contributed by atoms with Crippen molar-refractivity contribution in [3.05, 3.63) is 77.0 Å². The highest BCUT2D eigenvalue weighted by atomic mass is 19.1. The number of halogens is 2. The second-order valence-corrected chi connectivity index (χ2v) is 6.88. The highest BCUT2D eigenvalue weighted by molar-refractivity contribution is 6.04. The lowest BCUT2D eigenvalue weighted by Gasteiger charge is -2.10. The molecule has 4 rings (SSSR count). The molecule has 160 valence electrons. The summed E-state index contributed by atoms with van der Waals surface area (Å²) in [5.74, 6) is -1.60. The zero-order valence-electron chi connectivity index (χ0n) is 16.8. The number of amides is 1. The van der Waals surface area contributed by atoms with E-state index in [1.54, 1.807) is 38.5 Å². The van der Waals surface area contributed by atoms with E-state index in [4.69, 9.17) is 4.74 Å². The van der Waals surface area contributed by atoms with Gasteiger partial charge >= 0.3 is 0 Å². The summed E-state index contributed by atoms with van der Waals surface area (Å²) < 4.78 is 36.4. The van der Waals surface area contributed by atoms with E-state index in [1.165, 1.54) is 15.1 Å². The van der Waals surface area contributed by atoms with Crippen molar-refractivity contribution in [3.8, 4) is 5.75 Å². The molecule has 0 fully saturated rings. The molecule has 1 aromatic carbocycles. The largest absolute Gasteiger partial charge is 0.485 e. The molecule has 0 aliphatic rings. The fourth-order valence-corrected chi connectivity index (χ4v) is 3.30. The van der Waals surface area contributed by atoms with Gasteiger partial charge in [0.05, 0.1) is 23.6 Å². The van der Waals surface area contributed by atoms with Crippen molar-refractivity contribution in [2.75, 3.05) is 5.32 Å². The van der Waals surface area contributed by atoms with Gasteiger partial charge < -0.3 is 15.2 Å². The fourth-order valence-electron chi connectivity index (χ4n) is 3.30. The van der Waals surface area contributed by atoms with Gasteiger partial charge in [-0.25, -0.2) is 13.8 Å². The summed E-state index contributed by atoms with van der Waals surface area (Å²) in [4.78, 5) is 17.3. The van der Waals surface area contributed by atoms with E-state index in [0.717, 1.165) is 12.1 Å². The number of rotatable bonds is 6. The second kappa shape index (κ2) is 8.15. The number of pyridine rings is 1. The number of aliphatic hydroxyl groups excluding tert-OH is 1. The number of carbonyl (C=O) groups is 1. The first-order valence-electron chi connectivity index (χ1n) is 9.37. The Morgan fingerprint density at radius 3 is 2.68 bits per heavy atom. The van der Waals surface area contributed by atoms with Gasteiger partial charge in [0.1, 0.15) is 29.6 Å². The maximum Gasteiger partial charge on any atom is 0.274 e. The summed E-state index contributed by atoms with van der Waals surface area (Å²) >= 11 is 0. The fraction of sp³-hybridized carbons (Fsp3) is 0.190. The summed E-state index contributed by atoms with van der Waals surface area (Å²) in [6.07, 6.45) is 3.22. The summed E-state index contributed by atoms with van der Waals surface area (Å²) in [6, 6.07) is 6.84. The zero-order chi connectivity index (χ0) is 22.1. The summed E-state index contributed by atoms with van der Waals surface area (Å²) in [6.45, 7) is 1.01. The van der Waals surface area contributed by atoms with Crippen LogP contribution in [0.2, 0.25) is 0 Å². The van der Waals surface area contributed by atoms with Crippen LogP contribution in [0.4, 0.5) is 14.5 Å². The molecule has 3 heterocycles. The van der Waals surface area contributed by atoms with E-state index < -0.39 is 17.5 Å². The number of ether oxygens (including phenoxy) is 1. The normalized spacial score (nSPS) is 11.1. The summed E-state index contributed by atoms with van der Waals surface area (Å²) in [7, 11) is 1.68. The molecule has 0 saturated carbocycles. The van der Waals surface area contributed by atoms with Gasteiger partial charge in [-0.3, -0.25) is 13.9 Å². The first-order chi connectivity index (χ1) is 14.9. The van der Waals surface area contributed by atoms with E-state index >= 15 is 0 Å². The third-order valence-electron chi connectivity index (χ3n) is 4.74. The van der Waals surface area contributed by atoms with Crippen molar-refractivity contribution in [2.24, 2.45) is 7.05 Å². The molecule has 10 heteroatoms. The SMILES string of the molecule is Cc1nc2c(OCc3c(F)cccc3F)cccn2c1C(=O)Nc1cn(C)nc1CO. The van der Waals surface area contributed by atoms with E-state index in [0.29, 0.717) is 22.7 Å². The minimum absolute atomic E-state index is 0.196. The van der Waals surface area contributed by atoms with Gasteiger partial charge in [0.25, 0.3) is 5.91 Å². The Morgan fingerprint density at radius 2 is 1.97 bits per heavy atom. The number of hydrogen-bond donors (Lipinski definition) is 2. The molecule has 0 spiro atoms. The Labute approximate surface area is 175 Å². The lowest BCUT2D eigenvalue weighted by atomic mass is 10.2. The van der Waals surface area contributed by atoms with Crippen LogP contribution in [0.25, 0.3) is 5.65 Å². The third-order valence-corrected chi connectivity index (χ3v) is 4.74. The number of aliphatic hydroxyl groups is 1. The minimum atomic E-state index is -0.706. The lowest BCUT2D eigenvalue weighted by molar-refractivity contribution is 0.102. The summed E-state index contributed by atoms with van der Waals surface area (Å²) in [5, 5.41) is 16.2. The molecule has 0 radical (unpaired) electrons. The van der Waals surface area contributed by atoms with Gasteiger partial charge in [0, 0.05) is 19.4 Å². The Morgan fingerprint density at radius 1 is 1.23 bits per heavy atom. The second-order valence-electron chi connectivity index (χ2n) is 6.88. The number of imidazole rings is 1. The van der Waals surface area contributed by atoms with E-state index in [1.807, 2.05) is 0 Å². The molecule has 3 aromatic heterocycles. The van der Waals surface area contributed by atoms with Crippen molar-refractivity contribution < 1.29 is 23.4 Å². The number of fused-ring (bicyclic) bond motifs is 1. The molecule has 4 aromatic rings. The molecule has 0 bridgehead atoms. The number of benzene rings is 1. The molecular formula is C21H19F2N5O3. The van der Waals surface area contributed by atoms with E-state index in [9.17, 15) is 18.7 Å². The molecule has 0 atom stereocenters. The van der Waals surface area contributed by atoms with Crippen molar-refractivity contribution in [2.45, 2.75) is 20.1 Å². The maximum atomic E-state index is 13.9. The van der Waals surface area contributed by atoms with Crippen LogP contribution in [0.15, 0.2) is 42.7 Å². The van der Waals surface area contributed by atoms with Crippen LogP contribution in [-0.4, -0.2) is 30.2 Å². The van der Waals surface area contributed by atoms with Gasteiger partial charge in [-0.1, -0.05) is 6.07 Å².